The van der Waals surface area contributed by atoms with E-state index in [0.29, 0.717) is 13.0 Å². The van der Waals surface area contributed by atoms with Gasteiger partial charge in [-0.3, -0.25) is 14.5 Å². The van der Waals surface area contributed by atoms with Gasteiger partial charge < -0.3 is 39.0 Å². The Morgan fingerprint density at radius 1 is 1.04 bits per heavy atom. The molecule has 2 aliphatic heterocycles. The second-order valence-electron chi connectivity index (χ2n) is 15.1. The van der Waals surface area contributed by atoms with E-state index in [1.165, 1.54) is 21.1 Å². The average Bonchev–Trinajstić information content (AvgIpc) is 3.09. The molecular weight excluding hydrogens is 642 g/mol. The highest BCUT2D eigenvalue weighted by Gasteiger charge is 2.52. The van der Waals surface area contributed by atoms with E-state index in [4.69, 9.17) is 30.1 Å². The molecule has 282 valence electrons. The van der Waals surface area contributed by atoms with Crippen molar-refractivity contribution in [2.24, 2.45) is 23.7 Å². The molecule has 2 saturated heterocycles. The van der Waals surface area contributed by atoms with Crippen molar-refractivity contribution >= 4 is 11.8 Å². The Labute approximate surface area is 298 Å². The van der Waals surface area contributed by atoms with Crippen molar-refractivity contribution in [3.8, 4) is 12.3 Å². The minimum absolute atomic E-state index is 0.165. The number of ether oxygens (including phenoxy) is 5. The number of cyclic esters (lactones) is 1. The molecule has 14 atom stereocenters. The maximum Gasteiger partial charge on any atom is 0.311 e. The molecule has 11 nitrogen and oxygen atoms in total. The topological polar surface area (TPSA) is 144 Å². The number of rotatable bonds is 8. The van der Waals surface area contributed by atoms with Crippen LogP contribution in [0.4, 0.5) is 0 Å². The summed E-state index contributed by atoms with van der Waals surface area (Å²) in [5.74, 6) is -1.31. The fraction of sp³-hybridized carbons (Fsp3) is 0.744. The van der Waals surface area contributed by atoms with Crippen LogP contribution >= 0.6 is 0 Å². The van der Waals surface area contributed by atoms with Crippen LogP contribution in [-0.2, 0) is 39.8 Å². The van der Waals surface area contributed by atoms with Crippen molar-refractivity contribution < 1.29 is 48.6 Å². The first-order valence-electron chi connectivity index (χ1n) is 17.8. The molecule has 0 aromatic heterocycles. The van der Waals surface area contributed by atoms with Crippen molar-refractivity contribution in [3.05, 3.63) is 35.4 Å². The first kappa shape index (κ1) is 42.0. The lowest BCUT2D eigenvalue weighted by Crippen LogP contribution is -2.60. The van der Waals surface area contributed by atoms with Crippen LogP contribution < -0.4 is 0 Å². The first-order chi connectivity index (χ1) is 23.4. The summed E-state index contributed by atoms with van der Waals surface area (Å²) in [5, 5.41) is 34.6. The summed E-state index contributed by atoms with van der Waals surface area (Å²) in [5.41, 5.74) is -1.23. The zero-order valence-corrected chi connectivity index (χ0v) is 31.8. The van der Waals surface area contributed by atoms with E-state index in [0.717, 1.165) is 11.1 Å². The van der Waals surface area contributed by atoms with Crippen LogP contribution in [0.1, 0.15) is 85.8 Å². The number of likely N-dealkylation sites (N-methyl/N-ethyl adjacent to an activating group) is 1. The zero-order chi connectivity index (χ0) is 37.7. The average molecular weight is 704 g/mol. The molecule has 0 bridgehead atoms. The van der Waals surface area contributed by atoms with Crippen LogP contribution in [0.3, 0.4) is 0 Å². The number of ketones is 1. The van der Waals surface area contributed by atoms with E-state index in [-0.39, 0.29) is 30.8 Å². The van der Waals surface area contributed by atoms with Crippen LogP contribution in [0.15, 0.2) is 24.3 Å². The second kappa shape index (κ2) is 17.4. The fourth-order valence-corrected chi connectivity index (χ4v) is 8.03. The molecule has 0 spiro atoms. The number of hydrogen-bond acceptors (Lipinski definition) is 11. The highest BCUT2D eigenvalue weighted by Crippen LogP contribution is 2.40. The largest absolute Gasteiger partial charge is 0.459 e. The zero-order valence-electron chi connectivity index (χ0n) is 31.8. The number of carbonyl (C=O) groups excluding carboxylic acids is 2. The summed E-state index contributed by atoms with van der Waals surface area (Å²) in [6, 6.07) is 7.39. The number of aliphatic hydroxyl groups is 3. The van der Waals surface area contributed by atoms with Gasteiger partial charge in [-0.15, -0.1) is 6.42 Å². The third-order valence-corrected chi connectivity index (χ3v) is 11.2. The predicted octanol–water partition coefficient (Wildman–Crippen LogP) is 3.72. The third-order valence-electron chi connectivity index (χ3n) is 11.2. The van der Waals surface area contributed by atoms with Crippen LogP contribution in [-0.4, -0.2) is 113 Å². The lowest BCUT2D eigenvalue weighted by atomic mass is 9.74. The van der Waals surface area contributed by atoms with E-state index in [9.17, 15) is 24.9 Å². The Morgan fingerprint density at radius 2 is 1.66 bits per heavy atom. The number of esters is 1. The quantitative estimate of drug-likeness (QED) is 0.269. The lowest BCUT2D eigenvalue weighted by Gasteiger charge is -2.48. The highest BCUT2D eigenvalue weighted by molar-refractivity contribution is 5.83. The molecule has 1 aromatic rings. The number of hydrogen-bond donors (Lipinski definition) is 3. The van der Waals surface area contributed by atoms with Gasteiger partial charge in [0.05, 0.1) is 35.9 Å². The van der Waals surface area contributed by atoms with Gasteiger partial charge in [0.2, 0.25) is 0 Å². The molecule has 0 aliphatic carbocycles. The minimum Gasteiger partial charge on any atom is -0.459 e. The molecule has 2 heterocycles. The monoisotopic (exact) mass is 703 g/mol. The van der Waals surface area contributed by atoms with Gasteiger partial charge in [0, 0.05) is 50.1 Å². The van der Waals surface area contributed by atoms with E-state index in [2.05, 4.69) is 10.8 Å². The summed E-state index contributed by atoms with van der Waals surface area (Å²) in [4.78, 5) is 29.6. The number of Topliss-reactive ketones (excluding diaryl/α,β-unsaturated/α-hetero) is 1. The van der Waals surface area contributed by atoms with Crippen molar-refractivity contribution in [1.82, 2.24) is 4.90 Å². The smallest absolute Gasteiger partial charge is 0.311 e. The number of carbonyl (C=O) groups is 2. The standard InChI is InChI=1S/C39H61NO10/c1-13-27-15-17-28(18-16-27)21-40(10)29-19-23(4)48-37(32(29)42)50-35-25(6)33(46-11)26(7)36(44)49-30(14-2)39(9,45)34(43)24(5)31(41)22(3)20-38(35,8)47-12/h1,15-18,22-26,29-30,32-35,37,42-43,45H,14,19-21H2,2-12H3/t22-,23-,24+,25+,26-,29+,30-,32-,33+,34-,35-,37+,38-,39-/m1/s1. The fourth-order valence-electron chi connectivity index (χ4n) is 8.03. The Bertz CT molecular complexity index is 1310. The van der Waals surface area contributed by atoms with Crippen molar-refractivity contribution in [2.75, 3.05) is 21.3 Å². The van der Waals surface area contributed by atoms with Crippen molar-refractivity contribution in [1.29, 1.82) is 0 Å². The number of benzene rings is 1. The molecule has 0 saturated carbocycles. The van der Waals surface area contributed by atoms with Crippen LogP contribution in [0.2, 0.25) is 0 Å². The summed E-state index contributed by atoms with van der Waals surface area (Å²) < 4.78 is 31.1. The van der Waals surface area contributed by atoms with E-state index >= 15 is 0 Å². The molecule has 3 rings (SSSR count). The molecule has 0 radical (unpaired) electrons. The summed E-state index contributed by atoms with van der Waals surface area (Å²) in [6.07, 6.45) is -0.180. The minimum atomic E-state index is -1.90. The molecule has 3 N–H and O–H groups in total. The van der Waals surface area contributed by atoms with Gasteiger partial charge >= 0.3 is 5.97 Å². The number of nitrogens with zero attached hydrogens (tertiary/aromatic N) is 1. The highest BCUT2D eigenvalue weighted by atomic mass is 16.7. The van der Waals surface area contributed by atoms with E-state index < -0.39 is 77.7 Å². The van der Waals surface area contributed by atoms with E-state index in [1.807, 2.05) is 52.1 Å². The number of methoxy groups -OCH3 is 2. The molecular formula is C39H61NO10. The lowest BCUT2D eigenvalue weighted by molar-refractivity contribution is -0.303. The van der Waals surface area contributed by atoms with Crippen LogP contribution in [0.5, 0.6) is 0 Å². The maximum atomic E-state index is 13.8. The van der Waals surface area contributed by atoms with Gasteiger partial charge in [0.25, 0.3) is 0 Å². The third kappa shape index (κ3) is 9.14. The summed E-state index contributed by atoms with van der Waals surface area (Å²) in [7, 11) is 4.97. The molecule has 50 heavy (non-hydrogen) atoms. The Kier molecular flexibility index (Phi) is 14.6. The van der Waals surface area contributed by atoms with Gasteiger partial charge in [-0.25, -0.2) is 0 Å². The van der Waals surface area contributed by atoms with Gasteiger partial charge in [-0.2, -0.15) is 0 Å². The van der Waals surface area contributed by atoms with Gasteiger partial charge in [-0.05, 0) is 71.7 Å². The van der Waals surface area contributed by atoms with Gasteiger partial charge in [-0.1, -0.05) is 45.7 Å². The maximum absolute atomic E-state index is 13.8. The van der Waals surface area contributed by atoms with Crippen LogP contribution in [0.25, 0.3) is 0 Å². The Balaban J connectivity index is 2.03. The van der Waals surface area contributed by atoms with Crippen molar-refractivity contribution in [3.63, 3.8) is 0 Å². The first-order valence-corrected chi connectivity index (χ1v) is 17.8. The predicted molar refractivity (Wildman–Crippen MR) is 189 cm³/mol. The van der Waals surface area contributed by atoms with Crippen molar-refractivity contribution in [2.45, 2.75) is 141 Å². The number of aliphatic hydroxyl groups excluding tert-OH is 2. The van der Waals surface area contributed by atoms with E-state index in [1.54, 1.807) is 27.7 Å². The SMILES string of the molecule is C#Cc1ccc(CN(C)[C@H]2C[C@@H](C)O[C@@H](O[C@@H]3[C@@H](C)[C@H](OC)[C@@H](C)C(=O)O[C@H](CC)[C@@](C)(O)[C@H](O)[C@@H](C)C(=O)[C@H](C)C[C@@]3(C)OC)[C@@H]2O)cc1. The Morgan fingerprint density at radius 3 is 2.20 bits per heavy atom. The van der Waals surface area contributed by atoms with Crippen LogP contribution in [0, 0.1) is 36.0 Å². The Hall–Kier alpha value is -2.40. The molecule has 0 amide bonds. The van der Waals surface area contributed by atoms with Gasteiger partial charge in [0.15, 0.2) is 6.29 Å². The normalized spacial score (nSPS) is 40.9. The molecule has 1 aromatic carbocycles. The summed E-state index contributed by atoms with van der Waals surface area (Å²) >= 11 is 0. The molecule has 0 unspecified atom stereocenters. The second-order valence-corrected chi connectivity index (χ2v) is 15.1. The molecule has 11 heteroatoms. The van der Waals surface area contributed by atoms with Gasteiger partial charge in [0.1, 0.15) is 23.6 Å². The molecule has 2 aliphatic rings. The number of terminal acetylenes is 1. The molecule has 2 fully saturated rings. The summed E-state index contributed by atoms with van der Waals surface area (Å²) in [6.45, 7) is 14.3.